The second kappa shape index (κ2) is 7.26. The fraction of sp³-hybridized carbons (Fsp3) is 0.684. The topological polar surface area (TPSA) is 12.0 Å². The molecule has 20 heavy (non-hydrogen) atoms. The second-order valence-electron chi connectivity index (χ2n) is 6.85. The maximum Gasteiger partial charge on any atom is -0.00148 e. The van der Waals surface area contributed by atoms with Crippen LogP contribution in [-0.4, -0.2) is 13.1 Å². The number of hydrogen-bond acceptors (Lipinski definition) is 1. The lowest BCUT2D eigenvalue weighted by Crippen LogP contribution is -2.33. The van der Waals surface area contributed by atoms with Crippen molar-refractivity contribution >= 4 is 0 Å². The van der Waals surface area contributed by atoms with Gasteiger partial charge in [0.05, 0.1) is 0 Å². The van der Waals surface area contributed by atoms with E-state index < -0.39 is 0 Å². The molecule has 0 saturated heterocycles. The van der Waals surface area contributed by atoms with E-state index in [4.69, 9.17) is 0 Å². The van der Waals surface area contributed by atoms with Crippen molar-refractivity contribution in [2.24, 2.45) is 17.8 Å². The van der Waals surface area contributed by atoms with Crippen LogP contribution in [0.4, 0.5) is 0 Å². The summed E-state index contributed by atoms with van der Waals surface area (Å²) in [5.41, 5.74) is 3.07. The summed E-state index contributed by atoms with van der Waals surface area (Å²) >= 11 is 0. The van der Waals surface area contributed by atoms with Crippen LogP contribution in [0.15, 0.2) is 24.3 Å². The summed E-state index contributed by atoms with van der Waals surface area (Å²) in [5.74, 6) is 3.28. The van der Waals surface area contributed by atoms with Crippen LogP contribution in [-0.2, 0) is 0 Å². The van der Waals surface area contributed by atoms with Crippen LogP contribution in [0.2, 0.25) is 0 Å². The Morgan fingerprint density at radius 3 is 2.60 bits per heavy atom. The molecule has 1 N–H and O–H groups in total. The largest absolute Gasteiger partial charge is 0.317 e. The van der Waals surface area contributed by atoms with Crippen molar-refractivity contribution in [3.63, 3.8) is 0 Å². The molecule has 1 aromatic carbocycles. The van der Waals surface area contributed by atoms with Gasteiger partial charge in [-0.2, -0.15) is 0 Å². The quantitative estimate of drug-likeness (QED) is 0.815. The molecular formula is C19H31N. The lowest BCUT2D eigenvalue weighted by atomic mass is 9.67. The summed E-state index contributed by atoms with van der Waals surface area (Å²) in [7, 11) is 0. The predicted octanol–water partition coefficient (Wildman–Crippen LogP) is 4.76. The van der Waals surface area contributed by atoms with Crippen LogP contribution in [0.25, 0.3) is 0 Å². The van der Waals surface area contributed by atoms with Gasteiger partial charge >= 0.3 is 0 Å². The van der Waals surface area contributed by atoms with Crippen molar-refractivity contribution in [1.29, 1.82) is 0 Å². The molecule has 0 radical (unpaired) electrons. The standard InChI is InChI=1S/C19H31N/c1-5-20-13-17-11-10-16(14(2)3)12-19(17)18-9-7-6-8-15(18)4/h6-9,14,16-17,19-20H,5,10-13H2,1-4H3. The van der Waals surface area contributed by atoms with E-state index in [1.807, 2.05) is 0 Å². The van der Waals surface area contributed by atoms with Crippen LogP contribution in [0.5, 0.6) is 0 Å². The Labute approximate surface area is 125 Å². The highest BCUT2D eigenvalue weighted by molar-refractivity contribution is 5.30. The highest BCUT2D eigenvalue weighted by Crippen LogP contribution is 2.43. The third kappa shape index (κ3) is 3.63. The number of benzene rings is 1. The zero-order valence-corrected chi connectivity index (χ0v) is 13.7. The van der Waals surface area contributed by atoms with E-state index in [-0.39, 0.29) is 0 Å². The Morgan fingerprint density at radius 2 is 1.95 bits per heavy atom. The third-order valence-electron chi connectivity index (χ3n) is 5.22. The highest BCUT2D eigenvalue weighted by atomic mass is 14.8. The van der Waals surface area contributed by atoms with Gasteiger partial charge in [-0.25, -0.2) is 0 Å². The van der Waals surface area contributed by atoms with Gasteiger partial charge in [0.15, 0.2) is 0 Å². The molecule has 0 aliphatic heterocycles. The van der Waals surface area contributed by atoms with Crippen LogP contribution < -0.4 is 5.32 Å². The summed E-state index contributed by atoms with van der Waals surface area (Å²) < 4.78 is 0. The lowest BCUT2D eigenvalue weighted by molar-refractivity contribution is 0.190. The van der Waals surface area contributed by atoms with Crippen molar-refractivity contribution in [3.8, 4) is 0 Å². The summed E-state index contributed by atoms with van der Waals surface area (Å²) in [5, 5.41) is 3.58. The van der Waals surface area contributed by atoms with Gasteiger partial charge in [-0.1, -0.05) is 45.0 Å². The lowest BCUT2D eigenvalue weighted by Gasteiger charge is -2.39. The maximum atomic E-state index is 3.58. The monoisotopic (exact) mass is 273 g/mol. The molecule has 0 amide bonds. The molecular weight excluding hydrogens is 242 g/mol. The van der Waals surface area contributed by atoms with Crippen LogP contribution in [0.3, 0.4) is 0 Å². The predicted molar refractivity (Wildman–Crippen MR) is 88.1 cm³/mol. The van der Waals surface area contributed by atoms with Gasteiger partial charge in [0, 0.05) is 0 Å². The minimum atomic E-state index is 0.747. The Morgan fingerprint density at radius 1 is 1.20 bits per heavy atom. The van der Waals surface area contributed by atoms with Crippen molar-refractivity contribution in [2.75, 3.05) is 13.1 Å². The average molecular weight is 273 g/mol. The van der Waals surface area contributed by atoms with Gasteiger partial charge in [-0.3, -0.25) is 0 Å². The normalized spacial score (nSPS) is 26.9. The fourth-order valence-electron chi connectivity index (χ4n) is 3.83. The molecule has 0 spiro atoms. The summed E-state index contributed by atoms with van der Waals surface area (Å²) in [4.78, 5) is 0. The second-order valence-corrected chi connectivity index (χ2v) is 6.85. The number of rotatable bonds is 5. The molecule has 0 bridgehead atoms. The zero-order valence-electron chi connectivity index (χ0n) is 13.7. The van der Waals surface area contributed by atoms with Crippen LogP contribution in [0.1, 0.15) is 57.1 Å². The van der Waals surface area contributed by atoms with Crippen molar-refractivity contribution < 1.29 is 0 Å². The first kappa shape index (κ1) is 15.6. The van der Waals surface area contributed by atoms with E-state index in [1.165, 1.54) is 31.4 Å². The number of aryl methyl sites for hydroxylation is 1. The molecule has 2 rings (SSSR count). The van der Waals surface area contributed by atoms with Gasteiger partial charge in [0.25, 0.3) is 0 Å². The van der Waals surface area contributed by atoms with Gasteiger partial charge in [0.1, 0.15) is 0 Å². The molecule has 1 nitrogen and oxygen atoms in total. The van der Waals surface area contributed by atoms with Gasteiger partial charge in [0.2, 0.25) is 0 Å². The Balaban J connectivity index is 2.19. The average Bonchev–Trinajstić information content (AvgIpc) is 2.45. The van der Waals surface area contributed by atoms with Crippen molar-refractivity contribution in [1.82, 2.24) is 5.32 Å². The molecule has 1 aliphatic rings. The maximum absolute atomic E-state index is 3.58. The molecule has 1 aromatic rings. The molecule has 0 aromatic heterocycles. The summed E-state index contributed by atoms with van der Waals surface area (Å²) in [6.45, 7) is 11.5. The minimum Gasteiger partial charge on any atom is -0.317 e. The minimum absolute atomic E-state index is 0.747. The Kier molecular flexibility index (Phi) is 5.65. The van der Waals surface area contributed by atoms with E-state index >= 15 is 0 Å². The first-order valence-electron chi connectivity index (χ1n) is 8.39. The van der Waals surface area contributed by atoms with Crippen LogP contribution >= 0.6 is 0 Å². The van der Waals surface area contributed by atoms with E-state index in [2.05, 4.69) is 57.3 Å². The molecule has 112 valence electrons. The zero-order chi connectivity index (χ0) is 14.5. The fourth-order valence-corrected chi connectivity index (χ4v) is 3.83. The molecule has 3 atom stereocenters. The van der Waals surface area contributed by atoms with Crippen molar-refractivity contribution in [3.05, 3.63) is 35.4 Å². The Bertz CT molecular complexity index is 410. The summed E-state index contributed by atoms with van der Waals surface area (Å²) in [6.07, 6.45) is 4.17. The molecule has 1 fully saturated rings. The summed E-state index contributed by atoms with van der Waals surface area (Å²) in [6, 6.07) is 9.02. The van der Waals surface area contributed by atoms with Crippen molar-refractivity contribution in [2.45, 2.75) is 52.9 Å². The number of nitrogens with one attached hydrogen (secondary N) is 1. The first-order valence-corrected chi connectivity index (χ1v) is 8.39. The molecule has 1 saturated carbocycles. The van der Waals surface area contributed by atoms with Gasteiger partial charge in [-0.05, 0) is 74.1 Å². The van der Waals surface area contributed by atoms with E-state index in [1.54, 1.807) is 5.56 Å². The van der Waals surface area contributed by atoms with E-state index in [0.29, 0.717) is 0 Å². The van der Waals surface area contributed by atoms with Crippen LogP contribution in [0, 0.1) is 24.7 Å². The molecule has 3 unspecified atom stereocenters. The van der Waals surface area contributed by atoms with Gasteiger partial charge < -0.3 is 5.32 Å². The SMILES string of the molecule is CCNCC1CCC(C(C)C)CC1c1ccccc1C. The number of hydrogen-bond donors (Lipinski definition) is 1. The van der Waals surface area contributed by atoms with Gasteiger partial charge in [-0.15, -0.1) is 0 Å². The molecule has 1 heteroatoms. The Hall–Kier alpha value is -0.820. The van der Waals surface area contributed by atoms with E-state index in [9.17, 15) is 0 Å². The smallest absolute Gasteiger partial charge is 0.00148 e. The molecule has 1 aliphatic carbocycles. The third-order valence-corrected chi connectivity index (χ3v) is 5.22. The van der Waals surface area contributed by atoms with E-state index in [0.717, 1.165) is 30.2 Å². The first-order chi connectivity index (χ1) is 9.63. The molecule has 0 heterocycles. The highest BCUT2D eigenvalue weighted by Gasteiger charge is 2.32.